The Kier molecular flexibility index (Phi) is 25500. The van der Waals surface area contributed by atoms with Crippen LogP contribution < -0.4 is 0 Å². The molecule has 0 aromatic carbocycles. The molecular formula is C8H26N2O2. The minimum Gasteiger partial charge on any atom is -0.443 e. The molecule has 12 heavy (non-hydrogen) atoms. The fraction of sp³-hybridized carbons (Fsp3) is 0.750. The Morgan fingerprint density at radius 1 is 0.583 bits per heavy atom. The van der Waals surface area contributed by atoms with Crippen LogP contribution in [0.3, 0.4) is 0 Å². The smallest absolute Gasteiger partial charge is 0.283 e. The first-order valence-electron chi connectivity index (χ1n) is 0.894. The summed E-state index contributed by atoms with van der Waals surface area (Å²) in [6.45, 7) is 0. The highest BCUT2D eigenvalue weighted by molar-refractivity contribution is 4.31. The number of hydrogen-bond acceptors (Lipinski definition) is 4. The maximum Gasteiger partial charge on any atom is 0.283 e. The number of aliphatic hydroxyl groups excluding tert-OH is 2. The molecule has 0 saturated heterocycles. The monoisotopic (exact) mass is 182 g/mol. The Balaban J connectivity index is -0.00000000296. The fourth-order valence-electron chi connectivity index (χ4n) is 0. The van der Waals surface area contributed by atoms with Crippen molar-refractivity contribution in [2.75, 3.05) is 0 Å². The van der Waals surface area contributed by atoms with Gasteiger partial charge in [-0.3, -0.25) is 0 Å². The molecule has 0 rings (SSSR count). The number of hydrogen-bond donors (Lipinski definition) is 2. The number of nitriles is 2. The van der Waals surface area contributed by atoms with Crippen molar-refractivity contribution in [2.45, 2.75) is 44.6 Å². The van der Waals surface area contributed by atoms with E-state index >= 15 is 0 Å². The van der Waals surface area contributed by atoms with Gasteiger partial charge in [-0.2, -0.15) is 10.5 Å². The van der Waals surface area contributed by atoms with Crippen LogP contribution in [0.1, 0.15) is 44.6 Å². The largest absolute Gasteiger partial charge is 0.443 e. The van der Waals surface area contributed by atoms with Crippen LogP contribution in [0.4, 0.5) is 0 Å². The highest BCUT2D eigenvalue weighted by Crippen LogP contribution is 1.06. The van der Waals surface area contributed by atoms with Crippen LogP contribution in [0.2, 0.25) is 0 Å². The maximum atomic E-state index is 6.88. The van der Waals surface area contributed by atoms with E-state index in [0.29, 0.717) is 0 Å². The van der Waals surface area contributed by atoms with Crippen LogP contribution in [0.25, 0.3) is 0 Å². The van der Waals surface area contributed by atoms with Gasteiger partial charge < -0.3 is 10.2 Å². The van der Waals surface area contributed by atoms with Crippen molar-refractivity contribution in [1.82, 2.24) is 0 Å². The summed E-state index contributed by atoms with van der Waals surface area (Å²) >= 11 is 0. The molecule has 0 atom stereocenters. The summed E-state index contributed by atoms with van der Waals surface area (Å²) < 4.78 is 0. The molecule has 0 aliphatic rings. The van der Waals surface area contributed by atoms with Crippen LogP contribution in [-0.2, 0) is 0 Å². The van der Waals surface area contributed by atoms with Gasteiger partial charge in [-0.1, -0.05) is 44.6 Å². The molecule has 0 radical (unpaired) electrons. The van der Waals surface area contributed by atoms with Crippen molar-refractivity contribution in [3.63, 3.8) is 0 Å². The van der Waals surface area contributed by atoms with E-state index in [9.17, 15) is 0 Å². The Labute approximate surface area is 78.7 Å². The highest BCUT2D eigenvalue weighted by Gasteiger charge is 1.16. The molecule has 4 heteroatoms. The van der Waals surface area contributed by atoms with E-state index in [-0.39, 0.29) is 44.6 Å². The quantitative estimate of drug-likeness (QED) is 0.561. The first kappa shape index (κ1) is 146. The molecule has 0 saturated carbocycles. The summed E-state index contributed by atoms with van der Waals surface area (Å²) in [5.74, 6) is 0. The van der Waals surface area contributed by atoms with Gasteiger partial charge >= 0.3 is 0 Å². The molecule has 0 aliphatic carbocycles. The summed E-state index contributed by atoms with van der Waals surface area (Å²) in [7, 11) is 0. The van der Waals surface area contributed by atoms with E-state index in [2.05, 4.69) is 0 Å². The summed E-state index contributed by atoms with van der Waals surface area (Å²) in [6, 6.07) is 0. The lowest BCUT2D eigenvalue weighted by atomic mass is 11.6. The van der Waals surface area contributed by atoms with Gasteiger partial charge in [0.2, 0.25) is 0 Å². The average Bonchev–Trinajstić information content (AvgIpc) is 1.39. The highest BCUT2D eigenvalue weighted by atomic mass is 16.2. The standard InChI is InChI=1S/2CHNO.6CH4/c2*2-1-3;;;;;;/h2*3H;6*1H4. The Morgan fingerprint density at radius 2 is 0.583 bits per heavy atom. The number of aliphatic hydroxyl groups is 2. The Morgan fingerprint density at radius 3 is 0.583 bits per heavy atom. The van der Waals surface area contributed by atoms with E-state index in [1.807, 2.05) is 0 Å². The van der Waals surface area contributed by atoms with Gasteiger partial charge in [-0.15, -0.1) is 0 Å². The lowest BCUT2D eigenvalue weighted by Gasteiger charge is -1.25. The Bertz CT molecular complexity index is 70.0. The second kappa shape index (κ2) is 2100. The predicted octanol–water partition coefficient (Wildman–Crippen LogP) is 3.50. The third kappa shape index (κ3) is 244. The SMILES string of the molecule is C.C.C.C.C.C.N#CO.N#CO. The molecule has 0 amide bonds. The summed E-state index contributed by atoms with van der Waals surface area (Å²) in [4.78, 5) is 0. The van der Waals surface area contributed by atoms with Crippen molar-refractivity contribution >= 4 is 0 Å². The molecule has 0 unspecified atom stereocenters. The van der Waals surface area contributed by atoms with Crippen LogP contribution >= 0.6 is 0 Å². The summed E-state index contributed by atoms with van der Waals surface area (Å²) in [6.07, 6.45) is 1.50. The molecule has 0 fully saturated rings. The zero-order valence-electron chi connectivity index (χ0n) is 2.79. The average molecular weight is 182 g/mol. The van der Waals surface area contributed by atoms with Gasteiger partial charge in [0.05, 0.1) is 0 Å². The molecule has 0 spiro atoms. The second-order valence-electron chi connectivity index (χ2n) is 0.200. The van der Waals surface area contributed by atoms with Gasteiger partial charge in [-0.05, 0) is 0 Å². The van der Waals surface area contributed by atoms with E-state index < -0.39 is 0 Å². The minimum absolute atomic E-state index is 0. The van der Waals surface area contributed by atoms with Crippen molar-refractivity contribution in [3.05, 3.63) is 0 Å². The Hall–Kier alpha value is -1.42. The van der Waals surface area contributed by atoms with E-state index in [4.69, 9.17) is 20.7 Å². The first-order valence-corrected chi connectivity index (χ1v) is 0.894. The molecule has 80 valence electrons. The zero-order valence-corrected chi connectivity index (χ0v) is 2.79. The molecule has 0 heterocycles. The van der Waals surface area contributed by atoms with Gasteiger partial charge in [0, 0.05) is 0 Å². The van der Waals surface area contributed by atoms with Crippen LogP contribution in [-0.4, -0.2) is 10.2 Å². The lowest BCUT2D eigenvalue weighted by molar-refractivity contribution is 0.502. The van der Waals surface area contributed by atoms with Gasteiger partial charge in [-0.25, -0.2) is 0 Å². The molecule has 0 aliphatic heterocycles. The van der Waals surface area contributed by atoms with Gasteiger partial charge in [0.1, 0.15) is 0 Å². The number of nitrogens with zero attached hydrogens (tertiary/aromatic N) is 2. The molecule has 2 N–H and O–H groups in total. The topological polar surface area (TPSA) is 88.0 Å². The second-order valence-corrected chi connectivity index (χ2v) is 0.200. The van der Waals surface area contributed by atoms with Crippen LogP contribution in [0.15, 0.2) is 0 Å². The van der Waals surface area contributed by atoms with Crippen molar-refractivity contribution in [2.24, 2.45) is 0 Å². The molecule has 0 aromatic heterocycles. The normalized spacial score (nSPS) is 1.17. The van der Waals surface area contributed by atoms with Crippen LogP contribution in [0.5, 0.6) is 0 Å². The summed E-state index contributed by atoms with van der Waals surface area (Å²) in [5.41, 5.74) is 0. The predicted molar refractivity (Wildman–Crippen MR) is 55.5 cm³/mol. The third-order valence-corrected chi connectivity index (χ3v) is 0. The molecule has 0 aromatic rings. The summed E-state index contributed by atoms with van der Waals surface area (Å²) in [5, 5.41) is 27.5. The fourth-order valence-corrected chi connectivity index (χ4v) is 0. The van der Waals surface area contributed by atoms with Crippen molar-refractivity contribution in [3.8, 4) is 12.5 Å². The first-order chi connectivity index (χ1) is 2.83. The van der Waals surface area contributed by atoms with E-state index in [0.717, 1.165) is 12.5 Å². The van der Waals surface area contributed by atoms with Crippen molar-refractivity contribution in [1.29, 1.82) is 10.5 Å². The van der Waals surface area contributed by atoms with Crippen molar-refractivity contribution < 1.29 is 10.2 Å². The van der Waals surface area contributed by atoms with Crippen LogP contribution in [0, 0.1) is 23.0 Å². The number of rotatable bonds is 0. The lowest BCUT2D eigenvalue weighted by Crippen LogP contribution is -1.27. The van der Waals surface area contributed by atoms with E-state index in [1.54, 1.807) is 0 Å². The van der Waals surface area contributed by atoms with Gasteiger partial charge in [0.15, 0.2) is 0 Å². The third-order valence-electron chi connectivity index (χ3n) is 0. The van der Waals surface area contributed by atoms with Gasteiger partial charge in [0.25, 0.3) is 12.5 Å². The minimum atomic E-state index is 0. The maximum absolute atomic E-state index is 6.88. The zero-order chi connectivity index (χ0) is 5.41. The molecular weight excluding hydrogens is 156 g/mol. The van der Waals surface area contributed by atoms with E-state index in [1.165, 1.54) is 0 Å². The molecule has 0 bridgehead atoms. The molecule has 4 nitrogen and oxygen atoms in total.